The molecule has 0 radical (unpaired) electrons. The van der Waals surface area contributed by atoms with Crippen LogP contribution in [0.25, 0.3) is 33.6 Å². The molecule has 42 heavy (non-hydrogen) atoms. The Morgan fingerprint density at radius 3 is 1.86 bits per heavy atom. The van der Waals surface area contributed by atoms with Crippen molar-refractivity contribution >= 4 is 0 Å². The minimum Gasteiger partial charge on any atom is -0.507 e. The second-order valence-electron chi connectivity index (χ2n) is 12.0. The van der Waals surface area contributed by atoms with Crippen molar-refractivity contribution in [2.75, 3.05) is 0 Å². The molecule has 0 atom stereocenters. The zero-order valence-corrected chi connectivity index (χ0v) is 24.0. The molecule has 0 spiro atoms. The van der Waals surface area contributed by atoms with Crippen molar-refractivity contribution in [2.24, 2.45) is 0 Å². The highest BCUT2D eigenvalue weighted by Crippen LogP contribution is 2.55. The van der Waals surface area contributed by atoms with Crippen LogP contribution in [-0.4, -0.2) is 15.1 Å². The molecule has 1 aliphatic carbocycles. The maximum atomic E-state index is 10.7. The van der Waals surface area contributed by atoms with Crippen LogP contribution in [0.2, 0.25) is 0 Å². The van der Waals surface area contributed by atoms with Crippen LogP contribution >= 0.6 is 0 Å². The van der Waals surface area contributed by atoms with Gasteiger partial charge in [0.15, 0.2) is 0 Å². The van der Waals surface area contributed by atoms with Crippen LogP contribution in [0.4, 0.5) is 0 Å². The molecule has 0 fully saturated rings. The molecule has 0 saturated heterocycles. The molecule has 0 bridgehead atoms. The average molecular weight is 545 g/mol. The van der Waals surface area contributed by atoms with E-state index in [2.05, 4.69) is 118 Å². The third kappa shape index (κ3) is 4.04. The van der Waals surface area contributed by atoms with E-state index in [-0.39, 0.29) is 11.2 Å². The first-order chi connectivity index (χ1) is 20.4. The third-order valence-corrected chi connectivity index (χ3v) is 8.46. The van der Waals surface area contributed by atoms with Gasteiger partial charge in [-0.2, -0.15) is 0 Å². The number of benzene rings is 4. The number of aromatic nitrogens is 2. The molecule has 4 aromatic carbocycles. The number of fused-ring (bicyclic) bond motifs is 3. The van der Waals surface area contributed by atoms with E-state index < -0.39 is 5.41 Å². The highest BCUT2D eigenvalue weighted by atomic mass is 16.3. The standard InChI is InChI=1S/C39H32N2O/c1-38(2,3)28-24-34(41-35(25-28)31-17-6-9-20-36(31)42)26-13-12-14-27(23-26)39(37-21-10-11-22-40-37)32-18-7-4-15-29(32)30-16-5-8-19-33(30)39/h4-25,42H,1-3H3. The van der Waals surface area contributed by atoms with Crippen molar-refractivity contribution in [1.82, 2.24) is 9.97 Å². The predicted octanol–water partition coefficient (Wildman–Crippen LogP) is 9.18. The summed E-state index contributed by atoms with van der Waals surface area (Å²) in [6.45, 7) is 6.62. The lowest BCUT2D eigenvalue weighted by Gasteiger charge is -2.33. The van der Waals surface area contributed by atoms with Crippen molar-refractivity contribution in [3.05, 3.63) is 162 Å². The Morgan fingerprint density at radius 1 is 0.595 bits per heavy atom. The van der Waals surface area contributed by atoms with Gasteiger partial charge >= 0.3 is 0 Å². The molecule has 1 aliphatic rings. The first-order valence-electron chi connectivity index (χ1n) is 14.4. The molecule has 2 heterocycles. The maximum Gasteiger partial charge on any atom is 0.124 e. The lowest BCUT2D eigenvalue weighted by atomic mass is 9.69. The first kappa shape index (κ1) is 25.9. The van der Waals surface area contributed by atoms with E-state index in [4.69, 9.17) is 9.97 Å². The van der Waals surface area contributed by atoms with Crippen molar-refractivity contribution in [3.8, 4) is 39.4 Å². The summed E-state index contributed by atoms with van der Waals surface area (Å²) in [6, 6.07) is 44.0. The van der Waals surface area contributed by atoms with Crippen LogP contribution < -0.4 is 0 Å². The normalized spacial score (nSPS) is 13.4. The largest absolute Gasteiger partial charge is 0.507 e. The van der Waals surface area contributed by atoms with Crippen molar-refractivity contribution < 1.29 is 5.11 Å². The van der Waals surface area contributed by atoms with Gasteiger partial charge in [-0.25, -0.2) is 4.98 Å². The Labute approximate surface area is 247 Å². The molecule has 3 heteroatoms. The minimum absolute atomic E-state index is 0.104. The molecule has 6 aromatic rings. The summed E-state index contributed by atoms with van der Waals surface area (Å²) < 4.78 is 0. The van der Waals surface area contributed by atoms with Gasteiger partial charge in [-0.1, -0.05) is 106 Å². The van der Waals surface area contributed by atoms with E-state index in [1.807, 2.05) is 30.5 Å². The zero-order chi connectivity index (χ0) is 28.9. The van der Waals surface area contributed by atoms with E-state index in [9.17, 15) is 5.11 Å². The third-order valence-electron chi connectivity index (χ3n) is 8.46. The van der Waals surface area contributed by atoms with Gasteiger partial charge in [0.25, 0.3) is 0 Å². The Bertz CT molecular complexity index is 1890. The van der Waals surface area contributed by atoms with Gasteiger partial charge in [0.1, 0.15) is 5.75 Å². The van der Waals surface area contributed by atoms with Crippen molar-refractivity contribution in [2.45, 2.75) is 31.6 Å². The highest BCUT2D eigenvalue weighted by molar-refractivity contribution is 5.86. The topological polar surface area (TPSA) is 46.0 Å². The second-order valence-corrected chi connectivity index (χ2v) is 12.0. The maximum absolute atomic E-state index is 10.7. The van der Waals surface area contributed by atoms with E-state index in [0.29, 0.717) is 0 Å². The molecule has 1 N–H and O–H groups in total. The molecular formula is C39H32N2O. The molecule has 2 aromatic heterocycles. The summed E-state index contributed by atoms with van der Waals surface area (Å²) in [5, 5.41) is 10.7. The molecule has 7 rings (SSSR count). The van der Waals surface area contributed by atoms with E-state index in [1.165, 1.54) is 22.3 Å². The van der Waals surface area contributed by atoms with E-state index >= 15 is 0 Å². The van der Waals surface area contributed by atoms with Gasteiger partial charge in [0.2, 0.25) is 0 Å². The Hall–Kier alpha value is -5.02. The number of rotatable bonds is 4. The van der Waals surface area contributed by atoms with Gasteiger partial charge in [-0.3, -0.25) is 4.98 Å². The van der Waals surface area contributed by atoms with Crippen LogP contribution in [-0.2, 0) is 10.8 Å². The molecule has 0 amide bonds. The first-order valence-corrected chi connectivity index (χ1v) is 14.4. The smallest absolute Gasteiger partial charge is 0.124 e. The number of hydrogen-bond donors (Lipinski definition) is 1. The molecule has 204 valence electrons. The zero-order valence-electron chi connectivity index (χ0n) is 24.0. The Balaban J connectivity index is 1.50. The number of hydrogen-bond acceptors (Lipinski definition) is 3. The van der Waals surface area contributed by atoms with E-state index in [0.717, 1.165) is 39.3 Å². The van der Waals surface area contributed by atoms with Crippen LogP contribution in [0.15, 0.2) is 134 Å². The SMILES string of the molecule is CC(C)(C)c1cc(-c2cccc(C3(c4ccccn4)c4ccccc4-c4ccccc43)c2)nc(-c2ccccc2O)c1. The number of pyridine rings is 2. The Kier molecular flexibility index (Phi) is 6.06. The highest BCUT2D eigenvalue weighted by Gasteiger charge is 2.47. The number of aromatic hydroxyl groups is 1. The Morgan fingerprint density at radius 2 is 1.21 bits per heavy atom. The van der Waals surface area contributed by atoms with Gasteiger partial charge in [0, 0.05) is 17.3 Å². The summed E-state index contributed by atoms with van der Waals surface area (Å²) in [5.74, 6) is 0.226. The number of phenols is 1. The van der Waals surface area contributed by atoms with Gasteiger partial charge in [-0.05, 0) is 81.3 Å². The summed E-state index contributed by atoms with van der Waals surface area (Å²) in [6.07, 6.45) is 1.89. The predicted molar refractivity (Wildman–Crippen MR) is 171 cm³/mol. The number of nitrogens with zero attached hydrogens (tertiary/aromatic N) is 2. The fourth-order valence-electron chi connectivity index (χ4n) is 6.41. The monoisotopic (exact) mass is 544 g/mol. The van der Waals surface area contributed by atoms with Gasteiger partial charge < -0.3 is 5.11 Å². The van der Waals surface area contributed by atoms with Crippen LogP contribution in [0.1, 0.15) is 48.7 Å². The average Bonchev–Trinajstić information content (AvgIpc) is 3.32. The summed E-state index contributed by atoms with van der Waals surface area (Å²) in [7, 11) is 0. The van der Waals surface area contributed by atoms with Gasteiger partial charge in [-0.15, -0.1) is 0 Å². The lowest BCUT2D eigenvalue weighted by molar-refractivity contribution is 0.477. The molecule has 0 unspecified atom stereocenters. The van der Waals surface area contributed by atoms with Crippen molar-refractivity contribution in [3.63, 3.8) is 0 Å². The molecule has 0 saturated carbocycles. The van der Waals surface area contributed by atoms with Crippen LogP contribution in [0.3, 0.4) is 0 Å². The number of para-hydroxylation sites is 1. The fourth-order valence-corrected chi connectivity index (χ4v) is 6.41. The quantitative estimate of drug-likeness (QED) is 0.240. The molecule has 3 nitrogen and oxygen atoms in total. The summed E-state index contributed by atoms with van der Waals surface area (Å²) in [5.41, 5.74) is 10.9. The summed E-state index contributed by atoms with van der Waals surface area (Å²) in [4.78, 5) is 10.1. The second kappa shape index (κ2) is 9.81. The van der Waals surface area contributed by atoms with Crippen molar-refractivity contribution in [1.29, 1.82) is 0 Å². The lowest BCUT2D eigenvalue weighted by Crippen LogP contribution is -2.29. The fraction of sp³-hybridized carbons (Fsp3) is 0.128. The van der Waals surface area contributed by atoms with Gasteiger partial charge in [0.05, 0.1) is 22.5 Å². The van der Waals surface area contributed by atoms with E-state index in [1.54, 1.807) is 6.07 Å². The number of phenolic OH excluding ortho intramolecular Hbond substituents is 1. The van der Waals surface area contributed by atoms with Crippen LogP contribution in [0.5, 0.6) is 5.75 Å². The summed E-state index contributed by atoms with van der Waals surface area (Å²) >= 11 is 0. The minimum atomic E-state index is -0.577. The van der Waals surface area contributed by atoms with Crippen LogP contribution in [0, 0.1) is 0 Å². The molecular weight excluding hydrogens is 512 g/mol. The molecule has 0 aliphatic heterocycles.